The fourth-order valence-electron chi connectivity index (χ4n) is 2.26. The highest BCUT2D eigenvalue weighted by Crippen LogP contribution is 2.09. The van der Waals surface area contributed by atoms with Crippen LogP contribution in [-0.4, -0.2) is 28.0 Å². The molecule has 0 atom stereocenters. The Morgan fingerprint density at radius 1 is 1.16 bits per heavy atom. The van der Waals surface area contributed by atoms with Crippen LogP contribution in [-0.2, 0) is 23.0 Å². The second-order valence-corrected chi connectivity index (χ2v) is 6.95. The van der Waals surface area contributed by atoms with Crippen LogP contribution < -0.4 is 15.8 Å². The Morgan fingerprint density at radius 2 is 1.92 bits per heavy atom. The van der Waals surface area contributed by atoms with Crippen molar-refractivity contribution in [2.24, 2.45) is 10.1 Å². The number of halogens is 1. The predicted octanol–water partition coefficient (Wildman–Crippen LogP) is 1.38. The lowest BCUT2D eigenvalue weighted by Gasteiger charge is -2.12. The van der Waals surface area contributed by atoms with Crippen LogP contribution in [0.5, 0.6) is 0 Å². The Labute approximate surface area is 147 Å². The van der Waals surface area contributed by atoms with Gasteiger partial charge in [-0.15, -0.1) is 0 Å². The number of rotatable bonds is 6. The molecule has 6 nitrogen and oxygen atoms in total. The zero-order valence-corrected chi connectivity index (χ0v) is 14.7. The summed E-state index contributed by atoms with van der Waals surface area (Å²) in [5.41, 5.74) is 1.38. The second kappa shape index (κ2) is 8.59. The summed E-state index contributed by atoms with van der Waals surface area (Å²) in [5.74, 6) is 0.310. The molecule has 0 aliphatic rings. The van der Waals surface area contributed by atoms with Crippen LogP contribution in [0.25, 0.3) is 0 Å². The first-order valence-electron chi connectivity index (χ1n) is 7.70. The largest absolute Gasteiger partial charge is 0.356 e. The Morgan fingerprint density at radius 3 is 2.60 bits per heavy atom. The van der Waals surface area contributed by atoms with E-state index in [0.29, 0.717) is 31.0 Å². The molecular weight excluding hydrogens is 343 g/mol. The van der Waals surface area contributed by atoms with Crippen LogP contribution in [0.3, 0.4) is 0 Å². The Balaban J connectivity index is 1.88. The molecule has 134 valence electrons. The summed E-state index contributed by atoms with van der Waals surface area (Å²) in [5, 5.41) is 11.3. The van der Waals surface area contributed by atoms with E-state index >= 15 is 0 Å². The molecule has 0 aromatic heterocycles. The lowest BCUT2D eigenvalue weighted by atomic mass is 10.1. The van der Waals surface area contributed by atoms with Crippen molar-refractivity contribution in [3.8, 4) is 0 Å². The third-order valence-corrected chi connectivity index (χ3v) is 4.47. The molecule has 8 heteroatoms. The number of nitrogens with zero attached hydrogens (tertiary/aromatic N) is 1. The molecule has 0 saturated heterocycles. The molecule has 2 rings (SSSR count). The Kier molecular flexibility index (Phi) is 6.49. The lowest BCUT2D eigenvalue weighted by Crippen LogP contribution is -2.38. The smallest absolute Gasteiger partial charge is 0.238 e. The van der Waals surface area contributed by atoms with Crippen LogP contribution in [0.1, 0.15) is 11.1 Å². The number of nitrogens with two attached hydrogens (primary N) is 1. The molecule has 4 N–H and O–H groups in total. The summed E-state index contributed by atoms with van der Waals surface area (Å²) in [4.78, 5) is 4.15. The fourth-order valence-corrected chi connectivity index (χ4v) is 2.84. The van der Waals surface area contributed by atoms with E-state index in [1.165, 1.54) is 18.2 Å². The number of primary sulfonamides is 1. The maximum Gasteiger partial charge on any atom is 0.238 e. The molecular formula is C17H21FN4O2S. The van der Waals surface area contributed by atoms with Crippen molar-refractivity contribution in [2.75, 3.05) is 13.6 Å². The highest BCUT2D eigenvalue weighted by molar-refractivity contribution is 7.89. The number of hydrogen-bond donors (Lipinski definition) is 3. The van der Waals surface area contributed by atoms with Crippen LogP contribution in [0, 0.1) is 5.82 Å². The van der Waals surface area contributed by atoms with Crippen molar-refractivity contribution in [1.29, 1.82) is 0 Å². The van der Waals surface area contributed by atoms with E-state index in [0.717, 1.165) is 5.56 Å². The number of aliphatic imine (C=N–C) groups is 1. The SMILES string of the molecule is CN=C(NCCc1ccccc1F)NCc1cccc(S(N)(=O)=O)c1. The first-order chi connectivity index (χ1) is 11.9. The van der Waals surface area contributed by atoms with E-state index in [4.69, 9.17) is 5.14 Å². The molecule has 2 aromatic rings. The lowest BCUT2D eigenvalue weighted by molar-refractivity contribution is 0.597. The van der Waals surface area contributed by atoms with E-state index in [-0.39, 0.29) is 10.7 Å². The minimum Gasteiger partial charge on any atom is -0.356 e. The van der Waals surface area contributed by atoms with Gasteiger partial charge in [-0.05, 0) is 35.7 Å². The summed E-state index contributed by atoms with van der Waals surface area (Å²) in [6, 6.07) is 13.0. The Hall–Kier alpha value is -2.45. The van der Waals surface area contributed by atoms with Gasteiger partial charge in [-0.2, -0.15) is 0 Å². The van der Waals surface area contributed by atoms with Crippen LogP contribution in [0.15, 0.2) is 58.4 Å². The van der Waals surface area contributed by atoms with Crippen LogP contribution in [0.2, 0.25) is 0 Å². The van der Waals surface area contributed by atoms with Gasteiger partial charge in [0.2, 0.25) is 10.0 Å². The van der Waals surface area contributed by atoms with E-state index in [1.54, 1.807) is 37.4 Å². The normalized spacial score (nSPS) is 12.0. The van der Waals surface area contributed by atoms with Crippen LogP contribution in [0.4, 0.5) is 4.39 Å². The van der Waals surface area contributed by atoms with Crippen molar-refractivity contribution in [3.05, 3.63) is 65.5 Å². The van der Waals surface area contributed by atoms with Crippen molar-refractivity contribution in [2.45, 2.75) is 17.9 Å². The highest BCUT2D eigenvalue weighted by atomic mass is 32.2. The van der Waals surface area contributed by atoms with E-state index in [9.17, 15) is 12.8 Å². The summed E-state index contributed by atoms with van der Waals surface area (Å²) >= 11 is 0. The van der Waals surface area contributed by atoms with Crippen molar-refractivity contribution in [1.82, 2.24) is 10.6 Å². The molecule has 0 radical (unpaired) electrons. The van der Waals surface area contributed by atoms with Gasteiger partial charge in [0.05, 0.1) is 4.90 Å². The van der Waals surface area contributed by atoms with Crippen LogP contribution >= 0.6 is 0 Å². The third-order valence-electron chi connectivity index (χ3n) is 3.56. The summed E-state index contributed by atoms with van der Waals surface area (Å²) < 4.78 is 36.3. The standard InChI is InChI=1S/C17H21FN4O2S/c1-20-17(21-10-9-14-6-2-3-8-16(14)18)22-12-13-5-4-7-15(11-13)25(19,23)24/h2-8,11H,9-10,12H2,1H3,(H2,19,23,24)(H2,20,21,22). The molecule has 2 aromatic carbocycles. The average molecular weight is 364 g/mol. The minimum absolute atomic E-state index is 0.0642. The first kappa shape index (κ1) is 18.9. The third kappa shape index (κ3) is 5.84. The van der Waals surface area contributed by atoms with Gasteiger partial charge >= 0.3 is 0 Å². The molecule has 0 aliphatic heterocycles. The predicted molar refractivity (Wildman–Crippen MR) is 96.1 cm³/mol. The zero-order valence-electron chi connectivity index (χ0n) is 13.9. The van der Waals surface area contributed by atoms with E-state index in [1.807, 2.05) is 0 Å². The summed E-state index contributed by atoms with van der Waals surface area (Å²) in [6.45, 7) is 0.889. The van der Waals surface area contributed by atoms with Gasteiger partial charge in [-0.3, -0.25) is 4.99 Å². The molecule has 0 heterocycles. The highest BCUT2D eigenvalue weighted by Gasteiger charge is 2.08. The molecule has 0 bridgehead atoms. The topological polar surface area (TPSA) is 96.6 Å². The molecule has 0 saturated carbocycles. The Bertz CT molecular complexity index is 853. The maximum absolute atomic E-state index is 13.6. The summed E-state index contributed by atoms with van der Waals surface area (Å²) in [6.07, 6.45) is 0.522. The zero-order chi connectivity index (χ0) is 18.3. The number of benzene rings is 2. The van der Waals surface area contributed by atoms with Crippen molar-refractivity contribution >= 4 is 16.0 Å². The number of guanidine groups is 1. The van der Waals surface area contributed by atoms with Gasteiger partial charge in [0, 0.05) is 20.1 Å². The number of hydrogen-bond acceptors (Lipinski definition) is 3. The molecule has 0 amide bonds. The van der Waals surface area contributed by atoms with Crippen molar-refractivity contribution < 1.29 is 12.8 Å². The molecule has 0 fully saturated rings. The average Bonchev–Trinajstić information content (AvgIpc) is 2.59. The monoisotopic (exact) mass is 364 g/mol. The van der Waals surface area contributed by atoms with Gasteiger partial charge in [0.15, 0.2) is 5.96 Å². The minimum atomic E-state index is -3.73. The van der Waals surface area contributed by atoms with E-state index in [2.05, 4.69) is 15.6 Å². The van der Waals surface area contributed by atoms with Gasteiger partial charge < -0.3 is 10.6 Å². The number of nitrogens with one attached hydrogen (secondary N) is 2. The summed E-state index contributed by atoms with van der Waals surface area (Å²) in [7, 11) is -2.10. The molecule has 0 unspecified atom stereocenters. The molecule has 0 spiro atoms. The first-order valence-corrected chi connectivity index (χ1v) is 9.24. The second-order valence-electron chi connectivity index (χ2n) is 5.39. The molecule has 25 heavy (non-hydrogen) atoms. The van der Waals surface area contributed by atoms with Gasteiger partial charge in [0.1, 0.15) is 5.82 Å². The van der Waals surface area contributed by atoms with E-state index < -0.39 is 10.0 Å². The van der Waals surface area contributed by atoms with Gasteiger partial charge in [0.25, 0.3) is 0 Å². The van der Waals surface area contributed by atoms with Gasteiger partial charge in [-0.25, -0.2) is 17.9 Å². The maximum atomic E-state index is 13.6. The molecule has 0 aliphatic carbocycles. The van der Waals surface area contributed by atoms with Crippen molar-refractivity contribution in [3.63, 3.8) is 0 Å². The van der Waals surface area contributed by atoms with Gasteiger partial charge in [-0.1, -0.05) is 30.3 Å². The fraction of sp³-hybridized carbons (Fsp3) is 0.235. The quantitative estimate of drug-likeness (QED) is 0.533. The number of sulfonamides is 1.